The molecule has 1 saturated carbocycles. The number of nitrogens with one attached hydrogen (secondary N) is 1. The maximum Gasteiger partial charge on any atom is 0.259 e. The second kappa shape index (κ2) is 10.8. The molecule has 5 nitrogen and oxygen atoms in total. The summed E-state index contributed by atoms with van der Waals surface area (Å²) < 4.78 is 14.2. The van der Waals surface area contributed by atoms with Gasteiger partial charge in [-0.2, -0.15) is 0 Å². The SMILES string of the molecule is CC(C)C(=O)[C@H](NC(=O)c1cccc(C2CCCN(C(=O)C(C)(C)F)C2)c1)C1CCCCC1. The van der Waals surface area contributed by atoms with Gasteiger partial charge in [0.1, 0.15) is 0 Å². The highest BCUT2D eigenvalue weighted by Crippen LogP contribution is 2.30. The highest BCUT2D eigenvalue weighted by Gasteiger charge is 2.35. The van der Waals surface area contributed by atoms with Crippen molar-refractivity contribution in [3.05, 3.63) is 35.4 Å². The van der Waals surface area contributed by atoms with E-state index < -0.39 is 17.6 Å². The third-order valence-corrected chi connectivity index (χ3v) is 7.12. The van der Waals surface area contributed by atoms with Gasteiger partial charge in [0.2, 0.25) is 0 Å². The fourth-order valence-electron chi connectivity index (χ4n) is 5.22. The zero-order valence-corrected chi connectivity index (χ0v) is 20.5. The minimum absolute atomic E-state index is 0.0595. The van der Waals surface area contributed by atoms with Crippen molar-refractivity contribution in [1.82, 2.24) is 10.2 Å². The summed E-state index contributed by atoms with van der Waals surface area (Å²) in [6.07, 6.45) is 7.03. The standard InChI is InChI=1S/C27H39FN2O3/c1-18(2)24(31)23(19-10-6-5-7-11-19)29-25(32)21-13-8-12-20(16-21)22-14-9-15-30(17-22)26(33)27(3,4)28/h8,12-13,16,18-19,22-23H,5-7,9-11,14-15,17H2,1-4H3,(H,29,32)/t22?,23-/m1/s1. The molecule has 1 saturated heterocycles. The van der Waals surface area contributed by atoms with Gasteiger partial charge in [0, 0.05) is 30.5 Å². The predicted octanol–water partition coefficient (Wildman–Crippen LogP) is 5.04. The number of ketones is 1. The van der Waals surface area contributed by atoms with Crippen LogP contribution in [0.25, 0.3) is 0 Å². The molecule has 33 heavy (non-hydrogen) atoms. The number of Topliss-reactive ketones (excluding diaryl/α,β-unsaturated/α-hetero) is 1. The van der Waals surface area contributed by atoms with Crippen LogP contribution >= 0.6 is 0 Å². The topological polar surface area (TPSA) is 66.5 Å². The van der Waals surface area contributed by atoms with Gasteiger partial charge in [0.25, 0.3) is 11.8 Å². The average molecular weight is 459 g/mol. The maximum atomic E-state index is 14.2. The number of hydrogen-bond acceptors (Lipinski definition) is 3. The number of halogens is 1. The molecular weight excluding hydrogens is 419 g/mol. The van der Waals surface area contributed by atoms with Gasteiger partial charge in [-0.3, -0.25) is 14.4 Å². The quantitative estimate of drug-likeness (QED) is 0.622. The van der Waals surface area contributed by atoms with Gasteiger partial charge in [-0.1, -0.05) is 45.2 Å². The molecule has 3 rings (SSSR count). The van der Waals surface area contributed by atoms with Crippen LogP contribution in [0.1, 0.15) is 94.5 Å². The molecule has 0 bridgehead atoms. The van der Waals surface area contributed by atoms with Crippen LogP contribution < -0.4 is 5.32 Å². The Balaban J connectivity index is 1.74. The van der Waals surface area contributed by atoms with E-state index in [1.165, 1.54) is 20.3 Å². The number of carbonyl (C=O) groups is 3. The molecule has 2 fully saturated rings. The van der Waals surface area contributed by atoms with Gasteiger partial charge in [0.05, 0.1) is 6.04 Å². The van der Waals surface area contributed by atoms with Crippen LogP contribution in [0.4, 0.5) is 4.39 Å². The highest BCUT2D eigenvalue weighted by atomic mass is 19.1. The first kappa shape index (κ1) is 25.4. The van der Waals surface area contributed by atoms with Crippen LogP contribution in [0, 0.1) is 11.8 Å². The van der Waals surface area contributed by atoms with Gasteiger partial charge < -0.3 is 10.2 Å². The Hall–Kier alpha value is -2.24. The predicted molar refractivity (Wildman–Crippen MR) is 128 cm³/mol. The molecule has 2 amide bonds. The van der Waals surface area contributed by atoms with Gasteiger partial charge in [-0.25, -0.2) is 4.39 Å². The summed E-state index contributed by atoms with van der Waals surface area (Å²) in [7, 11) is 0. The molecule has 2 aliphatic rings. The van der Waals surface area contributed by atoms with E-state index in [1.807, 2.05) is 32.0 Å². The monoisotopic (exact) mass is 458 g/mol. The van der Waals surface area contributed by atoms with Crippen LogP contribution in [0.15, 0.2) is 24.3 Å². The Kier molecular flexibility index (Phi) is 8.30. The molecule has 1 aliphatic carbocycles. The summed E-state index contributed by atoms with van der Waals surface area (Å²) in [5, 5.41) is 3.06. The number of nitrogens with zero attached hydrogens (tertiary/aromatic N) is 1. The smallest absolute Gasteiger partial charge is 0.259 e. The number of carbonyl (C=O) groups excluding carboxylic acids is 3. The Morgan fingerprint density at radius 2 is 1.76 bits per heavy atom. The molecule has 0 spiro atoms. The molecule has 1 aliphatic heterocycles. The summed E-state index contributed by atoms with van der Waals surface area (Å²) in [5.41, 5.74) is -0.388. The van der Waals surface area contributed by atoms with E-state index in [4.69, 9.17) is 0 Å². The summed E-state index contributed by atoms with van der Waals surface area (Å²) >= 11 is 0. The van der Waals surface area contributed by atoms with E-state index in [9.17, 15) is 18.8 Å². The number of alkyl halides is 1. The average Bonchev–Trinajstić information content (AvgIpc) is 2.81. The van der Waals surface area contributed by atoms with Gasteiger partial charge in [-0.05, 0) is 63.1 Å². The third kappa shape index (κ3) is 6.42. The molecule has 182 valence electrons. The number of piperidine rings is 1. The fraction of sp³-hybridized carbons (Fsp3) is 0.667. The molecule has 1 aromatic carbocycles. The van der Waals surface area contributed by atoms with Crippen LogP contribution in [-0.2, 0) is 9.59 Å². The largest absolute Gasteiger partial charge is 0.342 e. The van der Waals surface area contributed by atoms with E-state index in [2.05, 4.69) is 5.32 Å². The highest BCUT2D eigenvalue weighted by molar-refractivity contribution is 5.98. The number of amides is 2. The van der Waals surface area contributed by atoms with Crippen molar-refractivity contribution in [1.29, 1.82) is 0 Å². The van der Waals surface area contributed by atoms with Gasteiger partial charge >= 0.3 is 0 Å². The van der Waals surface area contributed by atoms with Gasteiger partial charge in [0.15, 0.2) is 11.5 Å². The molecule has 1 N–H and O–H groups in total. The van der Waals surface area contributed by atoms with Crippen molar-refractivity contribution < 1.29 is 18.8 Å². The van der Waals surface area contributed by atoms with Crippen LogP contribution in [0.3, 0.4) is 0 Å². The zero-order valence-electron chi connectivity index (χ0n) is 20.5. The van der Waals surface area contributed by atoms with Crippen molar-refractivity contribution in [2.45, 2.75) is 90.3 Å². The second-order valence-corrected chi connectivity index (χ2v) is 10.6. The molecule has 1 aromatic rings. The second-order valence-electron chi connectivity index (χ2n) is 10.6. The van der Waals surface area contributed by atoms with Crippen molar-refractivity contribution in [3.8, 4) is 0 Å². The van der Waals surface area contributed by atoms with E-state index in [0.29, 0.717) is 18.7 Å². The van der Waals surface area contributed by atoms with E-state index in [-0.39, 0.29) is 29.4 Å². The third-order valence-electron chi connectivity index (χ3n) is 7.12. The molecular formula is C27H39FN2O3. The van der Waals surface area contributed by atoms with Crippen LogP contribution in [-0.4, -0.2) is 47.3 Å². The lowest BCUT2D eigenvalue weighted by Crippen LogP contribution is -2.48. The van der Waals surface area contributed by atoms with Crippen LogP contribution in [0.2, 0.25) is 0 Å². The number of likely N-dealkylation sites (tertiary alicyclic amines) is 1. The Labute approximate surface area is 197 Å². The molecule has 1 heterocycles. The summed E-state index contributed by atoms with van der Waals surface area (Å²) in [6, 6.07) is 7.01. The molecule has 6 heteroatoms. The van der Waals surface area contributed by atoms with Crippen molar-refractivity contribution in [2.75, 3.05) is 13.1 Å². The summed E-state index contributed by atoms with van der Waals surface area (Å²) in [4.78, 5) is 40.1. The minimum atomic E-state index is -1.89. The number of benzene rings is 1. The van der Waals surface area contributed by atoms with E-state index >= 15 is 0 Å². The van der Waals surface area contributed by atoms with Crippen molar-refractivity contribution >= 4 is 17.6 Å². The summed E-state index contributed by atoms with van der Waals surface area (Å²) in [6.45, 7) is 7.38. The molecule has 1 unspecified atom stereocenters. The van der Waals surface area contributed by atoms with Crippen LogP contribution in [0.5, 0.6) is 0 Å². The molecule has 0 aromatic heterocycles. The Morgan fingerprint density at radius 3 is 2.39 bits per heavy atom. The first-order valence-corrected chi connectivity index (χ1v) is 12.5. The number of hydrogen-bond donors (Lipinski definition) is 1. The lowest BCUT2D eigenvalue weighted by atomic mass is 9.80. The van der Waals surface area contributed by atoms with Crippen molar-refractivity contribution in [3.63, 3.8) is 0 Å². The minimum Gasteiger partial charge on any atom is -0.342 e. The number of rotatable bonds is 7. The molecule has 2 atom stereocenters. The molecule has 0 radical (unpaired) electrons. The first-order chi connectivity index (χ1) is 15.6. The maximum absolute atomic E-state index is 14.2. The summed E-state index contributed by atoms with van der Waals surface area (Å²) in [5.74, 6) is -0.485. The first-order valence-electron chi connectivity index (χ1n) is 12.5. The zero-order chi connectivity index (χ0) is 24.2. The fourth-order valence-corrected chi connectivity index (χ4v) is 5.22. The van der Waals surface area contributed by atoms with Crippen molar-refractivity contribution in [2.24, 2.45) is 11.8 Å². The Bertz CT molecular complexity index is 855. The normalized spacial score (nSPS) is 21.0. The lowest BCUT2D eigenvalue weighted by molar-refractivity contribution is -0.143. The van der Waals surface area contributed by atoms with E-state index in [1.54, 1.807) is 11.0 Å². The van der Waals surface area contributed by atoms with Gasteiger partial charge in [-0.15, -0.1) is 0 Å². The van der Waals surface area contributed by atoms with E-state index in [0.717, 1.165) is 44.1 Å². The lowest BCUT2D eigenvalue weighted by Gasteiger charge is -2.35. The Morgan fingerprint density at radius 1 is 1.06 bits per heavy atom.